The first-order valence-electron chi connectivity index (χ1n) is 6.64. The molecule has 0 saturated carbocycles. The summed E-state index contributed by atoms with van der Waals surface area (Å²) in [6, 6.07) is 7.59. The van der Waals surface area contributed by atoms with Crippen LogP contribution in [0.2, 0.25) is 0 Å². The average molecular weight is 281 g/mol. The summed E-state index contributed by atoms with van der Waals surface area (Å²) in [6.45, 7) is 2.10. The highest BCUT2D eigenvalue weighted by Gasteiger charge is 2.09. The molecule has 0 radical (unpaired) electrons. The predicted octanol–water partition coefficient (Wildman–Crippen LogP) is 1.58. The number of para-hydroxylation sites is 2. The molecule has 1 aromatic carbocycles. The fraction of sp³-hybridized carbons (Fsp3) is 0.200. The van der Waals surface area contributed by atoms with E-state index in [2.05, 4.69) is 20.3 Å². The van der Waals surface area contributed by atoms with Crippen LogP contribution in [0.15, 0.2) is 41.5 Å². The fourth-order valence-corrected chi connectivity index (χ4v) is 2.20. The van der Waals surface area contributed by atoms with E-state index in [0.717, 1.165) is 16.7 Å². The zero-order valence-electron chi connectivity index (χ0n) is 11.9. The van der Waals surface area contributed by atoms with Crippen LogP contribution in [0.5, 0.6) is 0 Å². The van der Waals surface area contributed by atoms with Crippen LogP contribution in [0, 0.1) is 6.92 Å². The Kier molecular flexibility index (Phi) is 3.35. The topological polar surface area (TPSA) is 72.7 Å². The van der Waals surface area contributed by atoms with Crippen molar-refractivity contribution in [3.05, 3.63) is 58.4 Å². The third-order valence-electron chi connectivity index (χ3n) is 3.30. The zero-order valence-corrected chi connectivity index (χ0v) is 11.9. The number of fused-ring (bicyclic) bond motifs is 1. The van der Waals surface area contributed by atoms with Crippen LogP contribution >= 0.6 is 0 Å². The van der Waals surface area contributed by atoms with Crippen molar-refractivity contribution < 1.29 is 0 Å². The molecule has 0 saturated heterocycles. The molecule has 2 heterocycles. The van der Waals surface area contributed by atoms with E-state index in [1.165, 1.54) is 0 Å². The summed E-state index contributed by atoms with van der Waals surface area (Å²) >= 11 is 0. The van der Waals surface area contributed by atoms with Gasteiger partial charge in [-0.1, -0.05) is 12.1 Å². The van der Waals surface area contributed by atoms with Crippen LogP contribution in [0.1, 0.15) is 11.4 Å². The Labute approximate surface area is 121 Å². The Balaban J connectivity index is 2.10. The second-order valence-corrected chi connectivity index (χ2v) is 4.72. The van der Waals surface area contributed by atoms with E-state index in [1.54, 1.807) is 30.9 Å². The molecule has 0 amide bonds. The minimum atomic E-state index is -0.104. The van der Waals surface area contributed by atoms with Gasteiger partial charge < -0.3 is 5.32 Å². The van der Waals surface area contributed by atoms with E-state index in [-0.39, 0.29) is 5.56 Å². The van der Waals surface area contributed by atoms with Gasteiger partial charge in [-0.25, -0.2) is 9.97 Å². The van der Waals surface area contributed by atoms with Crippen LogP contribution in [0.3, 0.4) is 0 Å². The second-order valence-electron chi connectivity index (χ2n) is 4.72. The lowest BCUT2D eigenvalue weighted by molar-refractivity contribution is 0.751. The van der Waals surface area contributed by atoms with Crippen molar-refractivity contribution in [2.45, 2.75) is 13.5 Å². The third kappa shape index (κ3) is 2.47. The van der Waals surface area contributed by atoms with E-state index in [0.29, 0.717) is 18.1 Å². The molecule has 21 heavy (non-hydrogen) atoms. The van der Waals surface area contributed by atoms with Crippen LogP contribution < -0.4 is 10.9 Å². The number of hydrogen-bond acceptors (Lipinski definition) is 5. The van der Waals surface area contributed by atoms with Gasteiger partial charge in [0.1, 0.15) is 11.5 Å². The SMILES string of the molecule is CNc1cnc(Cn2c(=O)c(C)nc3ccccc32)cn1. The molecule has 1 N–H and O–H groups in total. The largest absolute Gasteiger partial charge is 0.372 e. The van der Waals surface area contributed by atoms with Crippen molar-refractivity contribution in [2.24, 2.45) is 0 Å². The summed E-state index contributed by atoms with van der Waals surface area (Å²) in [5.41, 5.74) is 2.70. The van der Waals surface area contributed by atoms with Crippen molar-refractivity contribution >= 4 is 16.9 Å². The van der Waals surface area contributed by atoms with Crippen LogP contribution in [-0.4, -0.2) is 26.6 Å². The number of anilines is 1. The van der Waals surface area contributed by atoms with E-state index < -0.39 is 0 Å². The monoisotopic (exact) mass is 281 g/mol. The standard InChI is InChI=1S/C15H15N5O/c1-10-15(21)20(13-6-4-3-5-12(13)19-10)9-11-7-18-14(16-2)8-17-11/h3-8H,9H2,1-2H3,(H,16,18). The number of hydrogen-bond donors (Lipinski definition) is 1. The molecule has 0 aliphatic rings. The second kappa shape index (κ2) is 5.32. The van der Waals surface area contributed by atoms with Crippen molar-refractivity contribution in [1.82, 2.24) is 19.5 Å². The summed E-state index contributed by atoms with van der Waals surface area (Å²) in [7, 11) is 1.79. The maximum Gasteiger partial charge on any atom is 0.272 e. The van der Waals surface area contributed by atoms with Gasteiger partial charge in [0.25, 0.3) is 5.56 Å². The molecule has 0 spiro atoms. The molecule has 0 bridgehead atoms. The summed E-state index contributed by atoms with van der Waals surface area (Å²) < 4.78 is 1.68. The van der Waals surface area contributed by atoms with Crippen LogP contribution in [-0.2, 0) is 6.54 Å². The van der Waals surface area contributed by atoms with Gasteiger partial charge in [-0.15, -0.1) is 0 Å². The first-order chi connectivity index (χ1) is 10.2. The lowest BCUT2D eigenvalue weighted by Gasteiger charge is -2.10. The molecule has 6 heteroatoms. The minimum absolute atomic E-state index is 0.104. The number of benzene rings is 1. The predicted molar refractivity (Wildman–Crippen MR) is 81.4 cm³/mol. The summed E-state index contributed by atoms with van der Waals surface area (Å²) in [5.74, 6) is 0.696. The van der Waals surface area contributed by atoms with Gasteiger partial charge in [0.15, 0.2) is 0 Å². The summed E-state index contributed by atoms with van der Waals surface area (Å²) in [6.07, 6.45) is 3.32. The number of nitrogens with one attached hydrogen (secondary N) is 1. The molecule has 2 aromatic heterocycles. The number of nitrogens with zero attached hydrogens (tertiary/aromatic N) is 4. The van der Waals surface area contributed by atoms with E-state index in [4.69, 9.17) is 0 Å². The molecule has 106 valence electrons. The Morgan fingerprint density at radius 2 is 2.00 bits per heavy atom. The molecule has 0 unspecified atom stereocenters. The van der Waals surface area contributed by atoms with Crippen LogP contribution in [0.25, 0.3) is 11.0 Å². The normalized spacial score (nSPS) is 10.8. The van der Waals surface area contributed by atoms with Crippen molar-refractivity contribution in [1.29, 1.82) is 0 Å². The molecule has 0 aliphatic carbocycles. The number of aryl methyl sites for hydroxylation is 1. The van der Waals surface area contributed by atoms with E-state index >= 15 is 0 Å². The fourth-order valence-electron chi connectivity index (χ4n) is 2.20. The first-order valence-corrected chi connectivity index (χ1v) is 6.64. The third-order valence-corrected chi connectivity index (χ3v) is 3.30. The molecular formula is C15H15N5O. The van der Waals surface area contributed by atoms with Gasteiger partial charge in [-0.3, -0.25) is 14.3 Å². The molecule has 3 aromatic rings. The highest BCUT2D eigenvalue weighted by Crippen LogP contribution is 2.11. The quantitative estimate of drug-likeness (QED) is 0.789. The highest BCUT2D eigenvalue weighted by atomic mass is 16.1. The molecule has 0 fully saturated rings. The minimum Gasteiger partial charge on any atom is -0.372 e. The molecule has 0 aliphatic heterocycles. The Bertz CT molecular complexity index is 839. The van der Waals surface area contributed by atoms with Crippen molar-refractivity contribution in [2.75, 3.05) is 12.4 Å². The lowest BCUT2D eigenvalue weighted by Crippen LogP contribution is -2.25. The van der Waals surface area contributed by atoms with Gasteiger partial charge in [0.05, 0.1) is 35.7 Å². The number of rotatable bonds is 3. The summed E-state index contributed by atoms with van der Waals surface area (Å²) in [5, 5.41) is 2.92. The molecule has 0 atom stereocenters. The van der Waals surface area contributed by atoms with Crippen LogP contribution in [0.4, 0.5) is 5.82 Å². The Morgan fingerprint density at radius 3 is 2.71 bits per heavy atom. The van der Waals surface area contributed by atoms with Crippen molar-refractivity contribution in [3.8, 4) is 0 Å². The Hall–Kier alpha value is -2.76. The maximum absolute atomic E-state index is 12.4. The highest BCUT2D eigenvalue weighted by molar-refractivity contribution is 5.74. The van der Waals surface area contributed by atoms with Crippen molar-refractivity contribution in [3.63, 3.8) is 0 Å². The van der Waals surface area contributed by atoms with Gasteiger partial charge in [-0.2, -0.15) is 0 Å². The first kappa shape index (κ1) is 13.2. The van der Waals surface area contributed by atoms with Gasteiger partial charge >= 0.3 is 0 Å². The zero-order chi connectivity index (χ0) is 14.8. The summed E-state index contributed by atoms with van der Waals surface area (Å²) in [4.78, 5) is 25.2. The maximum atomic E-state index is 12.4. The average Bonchev–Trinajstić information content (AvgIpc) is 2.52. The molecule has 6 nitrogen and oxygen atoms in total. The van der Waals surface area contributed by atoms with E-state index in [9.17, 15) is 4.79 Å². The van der Waals surface area contributed by atoms with E-state index in [1.807, 2.05) is 24.3 Å². The van der Waals surface area contributed by atoms with Gasteiger partial charge in [-0.05, 0) is 19.1 Å². The smallest absolute Gasteiger partial charge is 0.272 e. The number of aromatic nitrogens is 4. The van der Waals surface area contributed by atoms with Gasteiger partial charge in [0, 0.05) is 7.05 Å². The van der Waals surface area contributed by atoms with Gasteiger partial charge in [0.2, 0.25) is 0 Å². The lowest BCUT2D eigenvalue weighted by atomic mass is 10.2. The molecular weight excluding hydrogens is 266 g/mol. The molecule has 3 rings (SSSR count). The Morgan fingerprint density at radius 1 is 1.19 bits per heavy atom.